The van der Waals surface area contributed by atoms with Gasteiger partial charge in [0.1, 0.15) is 11.5 Å². The summed E-state index contributed by atoms with van der Waals surface area (Å²) in [7, 11) is 0. The third kappa shape index (κ3) is 7.19. The van der Waals surface area contributed by atoms with Gasteiger partial charge in [0.25, 0.3) is 23.6 Å². The van der Waals surface area contributed by atoms with Crippen LogP contribution in [-0.4, -0.2) is 33.8 Å². The van der Waals surface area contributed by atoms with Gasteiger partial charge in [-0.3, -0.25) is 19.2 Å². The lowest BCUT2D eigenvalue weighted by molar-refractivity contribution is 0.0877. The van der Waals surface area contributed by atoms with E-state index in [-0.39, 0.29) is 58.8 Å². The molecule has 0 aromatic heterocycles. The fourth-order valence-electron chi connectivity index (χ4n) is 18.7. The number of carbonyl (C=O) groups excluding carboxylic acids is 4. The number of hydrogen-bond donors (Lipinski definition) is 2. The lowest BCUT2D eigenvalue weighted by Crippen LogP contribution is -2.41. The molecule has 21 rings (SSSR count). The van der Waals surface area contributed by atoms with Gasteiger partial charge in [-0.1, -0.05) is 152 Å². The third-order valence-corrected chi connectivity index (χ3v) is 23.2. The second kappa shape index (κ2) is 19.4. The maximum Gasteiger partial charge on any atom is 0.266 e. The van der Waals surface area contributed by atoms with Crippen LogP contribution in [0.2, 0.25) is 0 Å². The average molecular weight is 1290 g/mol. The zero-order chi connectivity index (χ0) is 67.8. The van der Waals surface area contributed by atoms with Crippen LogP contribution in [0.4, 0.5) is 11.4 Å². The predicted molar refractivity (Wildman–Crippen MR) is 412 cm³/mol. The maximum atomic E-state index is 15.0. The first kappa shape index (κ1) is 57.1. The second-order valence-electron chi connectivity index (χ2n) is 29.9. The minimum absolute atomic E-state index is 0.0548. The van der Waals surface area contributed by atoms with Crippen molar-refractivity contribution in [2.24, 2.45) is 0 Å². The van der Waals surface area contributed by atoms with Crippen LogP contribution in [0.3, 0.4) is 0 Å². The van der Waals surface area contributed by atoms with Crippen molar-refractivity contribution in [3.8, 4) is 56.0 Å². The van der Waals surface area contributed by atoms with Crippen LogP contribution in [-0.2, 0) is 0 Å². The minimum Gasteiger partial charge on any atom is -0.508 e. The monoisotopic (exact) mass is 1290 g/mol. The number of hydrogen-bond acceptors (Lipinski definition) is 6. The molecule has 3 aliphatic carbocycles. The molecule has 2 heterocycles. The molecule has 0 saturated heterocycles. The summed E-state index contributed by atoms with van der Waals surface area (Å²) in [4.78, 5) is 62.8. The first-order valence-corrected chi connectivity index (χ1v) is 34.9. The van der Waals surface area contributed by atoms with E-state index in [1.165, 1.54) is 75.9 Å². The van der Waals surface area contributed by atoms with Gasteiger partial charge in [0.05, 0.1) is 11.4 Å². The van der Waals surface area contributed by atoms with Crippen molar-refractivity contribution in [2.45, 2.75) is 79.1 Å². The van der Waals surface area contributed by atoms with Crippen molar-refractivity contribution in [3.05, 3.63) is 237 Å². The molecule has 0 fully saturated rings. The molecule has 4 amide bonds. The lowest BCUT2D eigenvalue weighted by Gasteiger charge is -2.33. The summed E-state index contributed by atoms with van der Waals surface area (Å²) >= 11 is 0. The zero-order valence-electron chi connectivity index (χ0n) is 56.2. The fourth-order valence-corrected chi connectivity index (χ4v) is 18.7. The molecule has 0 unspecified atom stereocenters. The molecule has 8 heteroatoms. The fraction of sp³-hybridized carbons (Fsp3) is 0.130. The number of fused-ring (bicyclic) bond motifs is 14. The topological polar surface area (TPSA) is 115 Å². The Morgan fingerprint density at radius 2 is 0.440 bits per heavy atom. The normalized spacial score (nSPS) is 14.4. The predicted octanol–water partition coefficient (Wildman–Crippen LogP) is 23.5. The molecule has 2 N–H and O–H groups in total. The molecule has 16 aromatic carbocycles. The Hall–Kier alpha value is -12.0. The SMILES string of the molecule is CC(C)c1cc(O)cc(C(C)C)c1N1C(=O)c2ccc3c4ccc5c6c(ccc(c7ccc(c2c37)C1=O)c64)-c1cc2cc3c(cc2cc1-5)C=Cc1cc2cc4c(cc2cc1C=C3)-c1ccc2c3ccc5c6c(ccc(c7ccc-4c1c72)c63)C(=O)N(c1c(C(C)C)cc(O)cc1C(C)C)C5=O. The summed E-state index contributed by atoms with van der Waals surface area (Å²) in [6, 6.07) is 59.6. The molecule has 0 atom stereocenters. The quantitative estimate of drug-likeness (QED) is 0.0974. The van der Waals surface area contributed by atoms with Gasteiger partial charge in [-0.15, -0.1) is 0 Å². The summed E-state index contributed by atoms with van der Waals surface area (Å²) in [6.45, 7) is 16.2. The molecular formula is C92H62N2O6. The van der Waals surface area contributed by atoms with Gasteiger partial charge >= 0.3 is 0 Å². The number of amides is 4. The smallest absolute Gasteiger partial charge is 0.266 e. The molecule has 0 radical (unpaired) electrons. The summed E-state index contributed by atoms with van der Waals surface area (Å²) in [6.07, 6.45) is 9.07. The minimum atomic E-state index is -0.352. The molecule has 16 aromatic rings. The van der Waals surface area contributed by atoms with E-state index in [0.717, 1.165) is 120 Å². The van der Waals surface area contributed by atoms with Crippen molar-refractivity contribution in [1.82, 2.24) is 0 Å². The van der Waals surface area contributed by atoms with Crippen LogP contribution in [0, 0.1) is 0 Å². The highest BCUT2D eigenvalue weighted by atomic mass is 16.3. The van der Waals surface area contributed by atoms with Gasteiger partial charge in [-0.25, -0.2) is 9.80 Å². The molecule has 0 spiro atoms. The largest absolute Gasteiger partial charge is 0.508 e. The Bertz CT molecular complexity index is 5990. The van der Waals surface area contributed by atoms with E-state index in [0.29, 0.717) is 44.4 Å². The Balaban J connectivity index is 0.631. The summed E-state index contributed by atoms with van der Waals surface area (Å²) in [5, 5.41) is 42.8. The van der Waals surface area contributed by atoms with Crippen LogP contribution in [0.1, 0.15) is 165 Å². The summed E-state index contributed by atoms with van der Waals surface area (Å²) in [5.41, 5.74) is 20.3. The lowest BCUT2D eigenvalue weighted by atomic mass is 9.83. The van der Waals surface area contributed by atoms with E-state index in [2.05, 4.69) is 146 Å². The highest BCUT2D eigenvalue weighted by molar-refractivity contribution is 6.46. The van der Waals surface area contributed by atoms with Crippen LogP contribution < -0.4 is 9.80 Å². The van der Waals surface area contributed by atoms with Crippen LogP contribution in [0.25, 0.3) is 177 Å². The molecule has 0 saturated carbocycles. The Labute approximate surface area is 574 Å². The van der Waals surface area contributed by atoms with Crippen LogP contribution >= 0.6 is 0 Å². The van der Waals surface area contributed by atoms with Gasteiger partial charge in [0, 0.05) is 33.0 Å². The summed E-state index contributed by atoms with van der Waals surface area (Å²) < 4.78 is 0. The van der Waals surface area contributed by atoms with Gasteiger partial charge in [-0.2, -0.15) is 0 Å². The van der Waals surface area contributed by atoms with Crippen molar-refractivity contribution < 1.29 is 29.4 Å². The van der Waals surface area contributed by atoms with Crippen LogP contribution in [0.15, 0.2) is 170 Å². The standard InChI is InChI=1S/C92H62N2O6/c1-41(2)71-37-53(95)38-72(42(3)4)87(71)93-89(97)67-25-21-59-55-13-17-63-75-33-49-29-45-9-11-47-31-51-35-77-65-19-15-57-61-23-27-69-86-70(92(100)94(91(69)99)88-73(43(5)6)39-54(96)40-74(88)44(7)8)28-24-62(82(61)86)58-16-20-66(84(65)80(57)58)78(77)36-52(51)32-48(47)12-10-46(45)30-50(49)34-76(75)64-18-14-56(79(55)83(63)64)60-22-26-68(90(93)98)85(67)81(59)60/h9-44,95-96H,1-8H3. The van der Waals surface area contributed by atoms with E-state index in [4.69, 9.17) is 0 Å². The van der Waals surface area contributed by atoms with E-state index in [1.807, 2.05) is 79.7 Å². The Morgan fingerprint density at radius 1 is 0.240 bits per heavy atom. The number of anilines is 2. The number of phenolic OH excluding ortho intramolecular Hbond substituents is 2. The number of imide groups is 2. The van der Waals surface area contributed by atoms with Crippen molar-refractivity contribution >= 4 is 167 Å². The molecule has 100 heavy (non-hydrogen) atoms. The number of carbonyl (C=O) groups is 4. The van der Waals surface area contributed by atoms with Crippen molar-refractivity contribution in [3.63, 3.8) is 0 Å². The Morgan fingerprint density at radius 3 is 0.650 bits per heavy atom. The first-order valence-electron chi connectivity index (χ1n) is 34.9. The van der Waals surface area contributed by atoms with E-state index < -0.39 is 0 Å². The Kier molecular flexibility index (Phi) is 11.1. The van der Waals surface area contributed by atoms with Crippen LogP contribution in [0.5, 0.6) is 11.5 Å². The number of phenols is 2. The molecule has 476 valence electrons. The van der Waals surface area contributed by atoms with E-state index >= 15 is 19.2 Å². The molecule has 8 nitrogen and oxygen atoms in total. The molecule has 0 bridgehead atoms. The van der Waals surface area contributed by atoms with Crippen molar-refractivity contribution in [2.75, 3.05) is 9.80 Å². The average Bonchev–Trinajstić information content (AvgIpc) is 1.19. The van der Waals surface area contributed by atoms with E-state index in [1.54, 1.807) is 24.3 Å². The number of aromatic hydroxyl groups is 2. The van der Waals surface area contributed by atoms with Gasteiger partial charge in [-0.05, 0) is 307 Å². The van der Waals surface area contributed by atoms with Crippen molar-refractivity contribution in [1.29, 1.82) is 0 Å². The molecule has 2 aliphatic heterocycles. The van der Waals surface area contributed by atoms with Gasteiger partial charge < -0.3 is 10.2 Å². The molecule has 5 aliphatic rings. The highest BCUT2D eigenvalue weighted by Gasteiger charge is 2.41. The zero-order valence-corrected chi connectivity index (χ0v) is 56.2. The summed E-state index contributed by atoms with van der Waals surface area (Å²) in [5.74, 6) is -1.38. The van der Waals surface area contributed by atoms with Gasteiger partial charge in [0.2, 0.25) is 0 Å². The molecular weight excluding hydrogens is 1230 g/mol. The van der Waals surface area contributed by atoms with E-state index in [9.17, 15) is 10.2 Å². The van der Waals surface area contributed by atoms with Gasteiger partial charge in [0.15, 0.2) is 0 Å². The number of nitrogens with zero attached hydrogens (tertiary/aromatic N) is 2. The first-order chi connectivity index (χ1) is 48.4. The maximum absolute atomic E-state index is 15.0. The third-order valence-electron chi connectivity index (χ3n) is 23.2. The highest BCUT2D eigenvalue weighted by Crippen LogP contribution is 2.58. The number of rotatable bonds is 6. The second-order valence-corrected chi connectivity index (χ2v) is 29.9. The number of benzene rings is 16.